The minimum Gasteiger partial charge on any atom is -0.369 e. The molecule has 112 valence electrons. The van der Waals surface area contributed by atoms with Crippen LogP contribution in [-0.4, -0.2) is 29.8 Å². The fourth-order valence-corrected chi connectivity index (χ4v) is 2.08. The van der Waals surface area contributed by atoms with E-state index in [2.05, 4.69) is 13.8 Å². The third-order valence-electron chi connectivity index (χ3n) is 3.24. The van der Waals surface area contributed by atoms with Crippen LogP contribution in [0.1, 0.15) is 71.6 Å². The van der Waals surface area contributed by atoms with E-state index in [9.17, 15) is 9.59 Å². The number of carbonyl (C=O) groups excluding carboxylic acids is 2. The number of amides is 2. The van der Waals surface area contributed by atoms with E-state index in [1.54, 1.807) is 0 Å². The van der Waals surface area contributed by atoms with Gasteiger partial charge in [-0.25, -0.2) is 0 Å². The Hall–Kier alpha value is -1.06. The van der Waals surface area contributed by atoms with Gasteiger partial charge in [-0.05, 0) is 12.8 Å². The van der Waals surface area contributed by atoms with E-state index < -0.39 is 5.91 Å². The highest BCUT2D eigenvalue weighted by atomic mass is 16.2. The predicted molar refractivity (Wildman–Crippen MR) is 78.7 cm³/mol. The van der Waals surface area contributed by atoms with Gasteiger partial charge >= 0.3 is 0 Å². The third-order valence-corrected chi connectivity index (χ3v) is 3.24. The Morgan fingerprint density at radius 2 is 1.32 bits per heavy atom. The van der Waals surface area contributed by atoms with Gasteiger partial charge in [-0.3, -0.25) is 9.59 Å². The Balaban J connectivity index is 4.05. The Morgan fingerprint density at radius 3 is 1.68 bits per heavy atom. The van der Waals surface area contributed by atoms with E-state index in [0.29, 0.717) is 0 Å². The fourth-order valence-electron chi connectivity index (χ4n) is 2.08. The molecule has 0 radical (unpaired) electrons. The van der Waals surface area contributed by atoms with Gasteiger partial charge in [-0.2, -0.15) is 0 Å². The monoisotopic (exact) mass is 270 g/mol. The van der Waals surface area contributed by atoms with Gasteiger partial charge in [-0.1, -0.05) is 52.4 Å². The molecular weight excluding hydrogens is 240 g/mol. The summed E-state index contributed by atoms with van der Waals surface area (Å²) in [7, 11) is 0. The van der Waals surface area contributed by atoms with E-state index in [4.69, 9.17) is 5.73 Å². The first-order valence-electron chi connectivity index (χ1n) is 7.67. The van der Waals surface area contributed by atoms with Crippen molar-refractivity contribution in [1.82, 2.24) is 4.90 Å². The van der Waals surface area contributed by atoms with Gasteiger partial charge < -0.3 is 10.6 Å². The molecule has 0 heterocycles. The standard InChI is InChI=1S/C15H30N2O2/c1-3-5-7-9-11-17(12-10-8-6-4-2)15(19)13-14(16)18/h3-13H2,1-2H3,(H2,16,18). The molecule has 0 aromatic carbocycles. The minimum atomic E-state index is -0.530. The van der Waals surface area contributed by atoms with Crippen molar-refractivity contribution in [2.24, 2.45) is 5.73 Å². The van der Waals surface area contributed by atoms with Gasteiger partial charge in [0.05, 0.1) is 0 Å². The molecule has 0 spiro atoms. The van der Waals surface area contributed by atoms with Crippen LogP contribution in [0.25, 0.3) is 0 Å². The zero-order valence-corrected chi connectivity index (χ0v) is 12.6. The first-order valence-corrected chi connectivity index (χ1v) is 7.67. The third kappa shape index (κ3) is 10.5. The number of hydrogen-bond acceptors (Lipinski definition) is 2. The Labute approximate surface area is 117 Å². The normalized spacial score (nSPS) is 10.4. The number of nitrogens with zero attached hydrogens (tertiary/aromatic N) is 1. The molecule has 0 bridgehead atoms. The van der Waals surface area contributed by atoms with Crippen LogP contribution in [0.15, 0.2) is 0 Å². The number of unbranched alkanes of at least 4 members (excludes halogenated alkanes) is 6. The van der Waals surface area contributed by atoms with E-state index in [0.717, 1.165) is 38.8 Å². The zero-order valence-electron chi connectivity index (χ0n) is 12.6. The molecule has 2 N–H and O–H groups in total. The highest BCUT2D eigenvalue weighted by Crippen LogP contribution is 2.06. The van der Waals surface area contributed by atoms with Gasteiger partial charge in [0.15, 0.2) is 0 Å². The lowest BCUT2D eigenvalue weighted by Gasteiger charge is -2.22. The summed E-state index contributed by atoms with van der Waals surface area (Å²) in [5, 5.41) is 0. The molecule has 0 aliphatic heterocycles. The fraction of sp³-hybridized carbons (Fsp3) is 0.867. The van der Waals surface area contributed by atoms with Gasteiger partial charge in [0, 0.05) is 13.1 Å². The summed E-state index contributed by atoms with van der Waals surface area (Å²) in [6.45, 7) is 5.86. The lowest BCUT2D eigenvalue weighted by atomic mass is 10.1. The molecule has 0 saturated carbocycles. The second kappa shape index (κ2) is 12.0. The van der Waals surface area contributed by atoms with E-state index in [1.807, 2.05) is 4.90 Å². The highest BCUT2D eigenvalue weighted by Gasteiger charge is 2.14. The van der Waals surface area contributed by atoms with Crippen molar-refractivity contribution < 1.29 is 9.59 Å². The average Bonchev–Trinajstić information content (AvgIpc) is 2.36. The SMILES string of the molecule is CCCCCCN(CCCCCC)C(=O)CC(N)=O. The number of nitrogens with two attached hydrogens (primary N) is 1. The van der Waals surface area contributed by atoms with Crippen LogP contribution < -0.4 is 5.73 Å². The summed E-state index contributed by atoms with van der Waals surface area (Å²) in [5.74, 6) is -0.641. The van der Waals surface area contributed by atoms with Crippen LogP contribution in [0, 0.1) is 0 Å². The molecule has 0 aromatic heterocycles. The molecule has 0 aromatic rings. The van der Waals surface area contributed by atoms with E-state index in [1.165, 1.54) is 25.7 Å². The predicted octanol–water partition coefficient (Wildman–Crippen LogP) is 2.85. The van der Waals surface area contributed by atoms with Crippen molar-refractivity contribution in [3.8, 4) is 0 Å². The van der Waals surface area contributed by atoms with Crippen LogP contribution in [0.3, 0.4) is 0 Å². The van der Waals surface area contributed by atoms with Crippen molar-refractivity contribution in [3.05, 3.63) is 0 Å². The maximum Gasteiger partial charge on any atom is 0.231 e. The largest absolute Gasteiger partial charge is 0.369 e. The number of hydrogen-bond donors (Lipinski definition) is 1. The molecule has 0 unspecified atom stereocenters. The average molecular weight is 270 g/mol. The van der Waals surface area contributed by atoms with Gasteiger partial charge in [0.25, 0.3) is 0 Å². The lowest BCUT2D eigenvalue weighted by molar-refractivity contribution is -0.135. The summed E-state index contributed by atoms with van der Waals surface area (Å²) in [6, 6.07) is 0. The van der Waals surface area contributed by atoms with Crippen molar-refractivity contribution in [2.45, 2.75) is 71.6 Å². The van der Waals surface area contributed by atoms with Crippen molar-refractivity contribution in [2.75, 3.05) is 13.1 Å². The summed E-state index contributed by atoms with van der Waals surface area (Å²) in [5.41, 5.74) is 5.10. The molecule has 2 amide bonds. The minimum absolute atomic E-state index is 0.111. The van der Waals surface area contributed by atoms with Crippen LogP contribution in [0.2, 0.25) is 0 Å². The molecule has 0 rings (SSSR count). The topological polar surface area (TPSA) is 63.4 Å². The Kier molecular flexibility index (Phi) is 11.3. The molecule has 19 heavy (non-hydrogen) atoms. The number of primary amides is 1. The highest BCUT2D eigenvalue weighted by molar-refractivity contribution is 5.96. The first kappa shape index (κ1) is 17.9. The van der Waals surface area contributed by atoms with Crippen LogP contribution in [-0.2, 0) is 9.59 Å². The molecule has 0 saturated heterocycles. The molecule has 0 fully saturated rings. The number of rotatable bonds is 12. The van der Waals surface area contributed by atoms with Crippen LogP contribution >= 0.6 is 0 Å². The summed E-state index contributed by atoms with van der Waals surface area (Å²) in [4.78, 5) is 24.6. The van der Waals surface area contributed by atoms with Crippen LogP contribution in [0.4, 0.5) is 0 Å². The summed E-state index contributed by atoms with van der Waals surface area (Å²) < 4.78 is 0. The maximum absolute atomic E-state index is 11.9. The van der Waals surface area contributed by atoms with Crippen molar-refractivity contribution in [1.29, 1.82) is 0 Å². The maximum atomic E-state index is 11.9. The zero-order chi connectivity index (χ0) is 14.5. The van der Waals surface area contributed by atoms with Crippen molar-refractivity contribution >= 4 is 11.8 Å². The molecule has 4 nitrogen and oxygen atoms in total. The molecular formula is C15H30N2O2. The molecule has 0 aliphatic rings. The molecule has 0 aliphatic carbocycles. The number of carbonyl (C=O) groups is 2. The Morgan fingerprint density at radius 1 is 0.842 bits per heavy atom. The first-order chi connectivity index (χ1) is 9.11. The molecule has 4 heteroatoms. The summed E-state index contributed by atoms with van der Waals surface area (Å²) in [6.07, 6.45) is 8.95. The quantitative estimate of drug-likeness (QED) is 0.438. The lowest BCUT2D eigenvalue weighted by Crippen LogP contribution is -2.35. The summed E-state index contributed by atoms with van der Waals surface area (Å²) >= 11 is 0. The van der Waals surface area contributed by atoms with E-state index >= 15 is 0 Å². The Bertz CT molecular complexity index is 243. The van der Waals surface area contributed by atoms with Crippen LogP contribution in [0.5, 0.6) is 0 Å². The van der Waals surface area contributed by atoms with Gasteiger partial charge in [0.1, 0.15) is 6.42 Å². The van der Waals surface area contributed by atoms with Gasteiger partial charge in [0.2, 0.25) is 11.8 Å². The van der Waals surface area contributed by atoms with Gasteiger partial charge in [-0.15, -0.1) is 0 Å². The smallest absolute Gasteiger partial charge is 0.231 e. The van der Waals surface area contributed by atoms with E-state index in [-0.39, 0.29) is 12.3 Å². The van der Waals surface area contributed by atoms with Crippen molar-refractivity contribution in [3.63, 3.8) is 0 Å². The second-order valence-corrected chi connectivity index (χ2v) is 5.15. The second-order valence-electron chi connectivity index (χ2n) is 5.15. The molecule has 0 atom stereocenters.